The van der Waals surface area contributed by atoms with Gasteiger partial charge in [-0.2, -0.15) is 15.3 Å². The number of fused-ring (bicyclic) bond motifs is 1. The Hall–Kier alpha value is -4.22. The molecule has 1 saturated carbocycles. The maximum Gasteiger partial charge on any atom is 0.415 e. The molecule has 1 amide bonds. The number of carbonyl (C=O) groups is 1. The molecule has 38 heavy (non-hydrogen) atoms. The average Bonchev–Trinajstić information content (AvgIpc) is 3.46. The number of pyridine rings is 1. The van der Waals surface area contributed by atoms with Gasteiger partial charge in [0.25, 0.3) is 0 Å². The van der Waals surface area contributed by atoms with E-state index in [2.05, 4.69) is 20.3 Å². The van der Waals surface area contributed by atoms with Gasteiger partial charge in [0.05, 0.1) is 24.0 Å². The quantitative estimate of drug-likeness (QED) is 0.420. The topological polar surface area (TPSA) is 133 Å². The van der Waals surface area contributed by atoms with Crippen LogP contribution in [0, 0.1) is 0 Å². The summed E-state index contributed by atoms with van der Waals surface area (Å²) in [6, 6.07) is 3.42. The Labute approximate surface area is 219 Å². The van der Waals surface area contributed by atoms with E-state index in [0.29, 0.717) is 11.7 Å². The fraction of sp³-hybridized carbons (Fsp3) is 0.462. The van der Waals surface area contributed by atoms with Crippen LogP contribution in [0.5, 0.6) is 5.88 Å². The van der Waals surface area contributed by atoms with Crippen LogP contribution < -0.4 is 15.1 Å². The molecule has 1 fully saturated rings. The fourth-order valence-corrected chi connectivity index (χ4v) is 4.67. The highest BCUT2D eigenvalue weighted by Gasteiger charge is 2.28. The molecule has 1 aliphatic rings. The fourth-order valence-electron chi connectivity index (χ4n) is 4.67. The maximum absolute atomic E-state index is 12.7. The van der Waals surface area contributed by atoms with E-state index in [0.717, 1.165) is 47.8 Å². The first-order valence-corrected chi connectivity index (χ1v) is 12.6. The van der Waals surface area contributed by atoms with Crippen LogP contribution in [-0.2, 0) is 11.8 Å². The van der Waals surface area contributed by atoms with E-state index in [1.54, 1.807) is 24.1 Å². The number of hydrogen-bond acceptors (Lipinski definition) is 8. The Balaban J connectivity index is 1.44. The van der Waals surface area contributed by atoms with Gasteiger partial charge < -0.3 is 9.47 Å². The molecule has 12 nitrogen and oxygen atoms in total. The molecule has 0 bridgehead atoms. The lowest BCUT2D eigenvalue weighted by Gasteiger charge is -2.29. The first-order chi connectivity index (χ1) is 18.1. The minimum Gasteiger partial charge on any atom is -0.475 e. The van der Waals surface area contributed by atoms with Crippen molar-refractivity contribution in [2.45, 2.75) is 64.2 Å². The number of aromatic nitrogens is 7. The molecule has 4 heterocycles. The van der Waals surface area contributed by atoms with Crippen molar-refractivity contribution < 1.29 is 14.3 Å². The Kier molecular flexibility index (Phi) is 6.64. The summed E-state index contributed by atoms with van der Waals surface area (Å²) in [6.07, 6.45) is 9.42. The molecule has 0 aromatic carbocycles. The second kappa shape index (κ2) is 9.92. The van der Waals surface area contributed by atoms with Crippen molar-refractivity contribution in [3.05, 3.63) is 47.1 Å². The SMILES string of the molecule is CN(C(=O)OC(C)(C)C)c1cc2c(cn1)c(-c1cnn(C)c1)nn2[C@H]1CC[C@@H](Oc2cc(=O)cn[nH]2)CC1. The zero-order chi connectivity index (χ0) is 27.0. The number of aryl methyl sites for hydroxylation is 1. The van der Waals surface area contributed by atoms with Crippen molar-refractivity contribution in [3.63, 3.8) is 0 Å². The highest BCUT2D eigenvalue weighted by Crippen LogP contribution is 2.36. The second-order valence-electron chi connectivity index (χ2n) is 10.6. The minimum absolute atomic E-state index is 0.0266. The summed E-state index contributed by atoms with van der Waals surface area (Å²) in [4.78, 5) is 30.3. The van der Waals surface area contributed by atoms with Crippen LogP contribution in [0.3, 0.4) is 0 Å². The molecule has 0 radical (unpaired) electrons. The third-order valence-electron chi connectivity index (χ3n) is 6.49. The van der Waals surface area contributed by atoms with Gasteiger partial charge in [-0.25, -0.2) is 14.9 Å². The molecule has 0 atom stereocenters. The van der Waals surface area contributed by atoms with Gasteiger partial charge in [0.2, 0.25) is 11.3 Å². The lowest BCUT2D eigenvalue weighted by molar-refractivity contribution is 0.0588. The van der Waals surface area contributed by atoms with Gasteiger partial charge >= 0.3 is 6.09 Å². The van der Waals surface area contributed by atoms with Gasteiger partial charge in [0.15, 0.2) is 0 Å². The van der Waals surface area contributed by atoms with Crippen LogP contribution in [0.15, 0.2) is 41.7 Å². The molecule has 0 unspecified atom stereocenters. The third kappa shape index (κ3) is 5.38. The average molecular weight is 521 g/mol. The Morgan fingerprint density at radius 3 is 2.55 bits per heavy atom. The van der Waals surface area contributed by atoms with E-state index in [1.807, 2.05) is 44.8 Å². The van der Waals surface area contributed by atoms with Crippen molar-refractivity contribution in [1.29, 1.82) is 0 Å². The minimum atomic E-state index is -0.617. The smallest absolute Gasteiger partial charge is 0.415 e. The van der Waals surface area contributed by atoms with Gasteiger partial charge in [0, 0.05) is 49.6 Å². The predicted octanol–water partition coefficient (Wildman–Crippen LogP) is 3.85. The van der Waals surface area contributed by atoms with E-state index in [9.17, 15) is 9.59 Å². The zero-order valence-electron chi connectivity index (χ0n) is 22.2. The molecule has 0 spiro atoms. The molecule has 4 aromatic heterocycles. The van der Waals surface area contributed by atoms with Gasteiger partial charge in [-0.3, -0.25) is 19.1 Å². The normalized spacial score (nSPS) is 17.9. The summed E-state index contributed by atoms with van der Waals surface area (Å²) in [5, 5.41) is 16.8. The highest BCUT2D eigenvalue weighted by molar-refractivity contribution is 5.95. The summed E-state index contributed by atoms with van der Waals surface area (Å²) in [7, 11) is 3.52. The number of ether oxygens (including phenoxy) is 2. The van der Waals surface area contributed by atoms with Crippen molar-refractivity contribution in [2.24, 2.45) is 7.05 Å². The van der Waals surface area contributed by atoms with E-state index >= 15 is 0 Å². The maximum atomic E-state index is 12.7. The van der Waals surface area contributed by atoms with Gasteiger partial charge in [0.1, 0.15) is 23.2 Å². The molecule has 1 aliphatic carbocycles. The molecular weight excluding hydrogens is 488 g/mol. The number of carbonyl (C=O) groups excluding carboxylic acids is 1. The molecule has 200 valence electrons. The summed E-state index contributed by atoms with van der Waals surface area (Å²) < 4.78 is 15.3. The lowest BCUT2D eigenvalue weighted by atomic mass is 9.93. The van der Waals surface area contributed by atoms with Crippen LogP contribution in [0.4, 0.5) is 10.6 Å². The molecule has 12 heteroatoms. The van der Waals surface area contributed by atoms with Crippen LogP contribution in [0.2, 0.25) is 0 Å². The number of hydrogen-bond donors (Lipinski definition) is 1. The van der Waals surface area contributed by atoms with E-state index in [-0.39, 0.29) is 17.6 Å². The number of amides is 1. The van der Waals surface area contributed by atoms with E-state index in [4.69, 9.17) is 14.6 Å². The Morgan fingerprint density at radius 2 is 1.89 bits per heavy atom. The Bertz CT molecular complexity index is 1510. The summed E-state index contributed by atoms with van der Waals surface area (Å²) in [5.41, 5.74) is 1.75. The van der Waals surface area contributed by atoms with Gasteiger partial charge in [-0.15, -0.1) is 0 Å². The zero-order valence-corrected chi connectivity index (χ0v) is 22.2. The van der Waals surface area contributed by atoms with Crippen LogP contribution >= 0.6 is 0 Å². The largest absolute Gasteiger partial charge is 0.475 e. The van der Waals surface area contributed by atoms with Crippen molar-refractivity contribution in [2.75, 3.05) is 11.9 Å². The van der Waals surface area contributed by atoms with Crippen molar-refractivity contribution in [3.8, 4) is 17.1 Å². The van der Waals surface area contributed by atoms with Crippen LogP contribution in [0.25, 0.3) is 22.2 Å². The molecule has 0 saturated heterocycles. The number of H-pyrrole nitrogens is 1. The third-order valence-corrected chi connectivity index (χ3v) is 6.49. The number of rotatable bonds is 5. The highest BCUT2D eigenvalue weighted by atomic mass is 16.6. The van der Waals surface area contributed by atoms with E-state index < -0.39 is 11.7 Å². The molecule has 1 N–H and O–H groups in total. The molecule has 4 aromatic rings. The van der Waals surface area contributed by atoms with Gasteiger partial charge in [-0.1, -0.05) is 0 Å². The predicted molar refractivity (Wildman–Crippen MR) is 141 cm³/mol. The summed E-state index contributed by atoms with van der Waals surface area (Å²) in [5.74, 6) is 0.855. The lowest BCUT2D eigenvalue weighted by Crippen LogP contribution is -2.34. The molecule has 5 rings (SSSR count). The standard InChI is InChI=1S/C26H32N8O4/c1-26(2,3)38-25(36)33(5)22-11-21-20(14-27-22)24(16-12-29-32(4)15-16)31-34(21)17-6-8-19(9-7-17)37-23-10-18(35)13-28-30-23/h10-15,17,19H,6-9H2,1-5H3,(H,30,35)/t17-,19+. The van der Waals surface area contributed by atoms with Crippen molar-refractivity contribution in [1.82, 2.24) is 34.7 Å². The number of anilines is 1. The van der Waals surface area contributed by atoms with Gasteiger partial charge in [-0.05, 0) is 46.5 Å². The van der Waals surface area contributed by atoms with Crippen molar-refractivity contribution >= 4 is 22.8 Å². The van der Waals surface area contributed by atoms with Crippen LogP contribution in [0.1, 0.15) is 52.5 Å². The van der Waals surface area contributed by atoms with E-state index in [1.165, 1.54) is 17.2 Å². The number of aromatic amines is 1. The summed E-state index contributed by atoms with van der Waals surface area (Å²) >= 11 is 0. The summed E-state index contributed by atoms with van der Waals surface area (Å²) in [6.45, 7) is 5.49. The monoisotopic (exact) mass is 520 g/mol. The number of nitrogens with one attached hydrogen (secondary N) is 1. The molecular formula is C26H32N8O4. The second-order valence-corrected chi connectivity index (χ2v) is 10.6. The first-order valence-electron chi connectivity index (χ1n) is 12.6. The number of nitrogens with zero attached hydrogens (tertiary/aromatic N) is 7. The van der Waals surface area contributed by atoms with Crippen LogP contribution in [-0.4, -0.2) is 59.6 Å². The first kappa shape index (κ1) is 25.4. The Morgan fingerprint density at radius 1 is 1.13 bits per heavy atom. The molecule has 0 aliphatic heterocycles.